The molecule has 0 unspecified atom stereocenters. The van der Waals surface area contributed by atoms with Crippen LogP contribution >= 0.6 is 11.8 Å². The molecule has 2 aromatic heterocycles. The van der Waals surface area contributed by atoms with E-state index in [1.165, 1.54) is 12.0 Å². The fourth-order valence-corrected chi connectivity index (χ4v) is 3.06. The number of nitrogens with two attached hydrogens (primary N) is 1. The Bertz CT molecular complexity index is 868. The van der Waals surface area contributed by atoms with Gasteiger partial charge in [-0.3, -0.25) is 4.98 Å². The Morgan fingerprint density at radius 3 is 2.31 bits per heavy atom. The first-order valence-electron chi connectivity index (χ1n) is 9.05. The number of para-hydroxylation sites is 2. The van der Waals surface area contributed by atoms with Crippen LogP contribution in [0.2, 0.25) is 0 Å². The van der Waals surface area contributed by atoms with Crippen LogP contribution in [-0.2, 0) is 10.5 Å². The smallest absolute Gasteiger partial charge is 0.375 e. The van der Waals surface area contributed by atoms with Crippen LogP contribution in [-0.4, -0.2) is 34.5 Å². The number of halogens is 3. The molecule has 3 rings (SSSR count). The fraction of sp³-hybridized carbons (Fsp3) is 0.400. The average molecular weight is 429 g/mol. The van der Waals surface area contributed by atoms with E-state index < -0.39 is 12.8 Å². The number of thioether (sulfide) groups is 1. The minimum Gasteiger partial charge on any atom is -0.375 e. The third-order valence-corrected chi connectivity index (χ3v) is 4.29. The number of rotatable bonds is 4. The van der Waals surface area contributed by atoms with E-state index in [9.17, 15) is 13.2 Å². The van der Waals surface area contributed by atoms with Crippen LogP contribution in [0, 0.1) is 6.92 Å². The summed E-state index contributed by atoms with van der Waals surface area (Å²) in [7, 11) is 1.01. The molecule has 0 fully saturated rings. The zero-order valence-corrected chi connectivity index (χ0v) is 17.8. The van der Waals surface area contributed by atoms with Crippen LogP contribution in [0.3, 0.4) is 0 Å². The normalized spacial score (nSPS) is 10.7. The monoisotopic (exact) mass is 428 g/mol. The summed E-state index contributed by atoms with van der Waals surface area (Å²) in [5, 5.41) is 0.811. The van der Waals surface area contributed by atoms with Crippen molar-refractivity contribution in [2.45, 2.75) is 44.3 Å². The maximum absolute atomic E-state index is 10.9. The van der Waals surface area contributed by atoms with Gasteiger partial charge < -0.3 is 10.6 Å². The third-order valence-electron chi connectivity index (χ3n) is 3.33. The molecule has 0 saturated carbocycles. The third kappa shape index (κ3) is 8.74. The molecule has 29 heavy (non-hydrogen) atoms. The fourth-order valence-electron chi connectivity index (χ4n) is 2.09. The summed E-state index contributed by atoms with van der Waals surface area (Å²) in [6.07, 6.45) is -1.11. The predicted octanol–water partition coefficient (Wildman–Crippen LogP) is 5.36. The van der Waals surface area contributed by atoms with E-state index in [0.29, 0.717) is 0 Å². The largest absolute Gasteiger partial charge is 0.411 e. The van der Waals surface area contributed by atoms with Crippen molar-refractivity contribution in [3.05, 3.63) is 53.9 Å². The molecule has 9 heteroatoms. The number of benzene rings is 1. The van der Waals surface area contributed by atoms with E-state index >= 15 is 0 Å². The number of alkyl halides is 3. The highest BCUT2D eigenvalue weighted by Crippen LogP contribution is 2.24. The molecule has 3 aromatic rings. The van der Waals surface area contributed by atoms with Crippen molar-refractivity contribution >= 4 is 22.8 Å². The van der Waals surface area contributed by atoms with Crippen molar-refractivity contribution in [1.82, 2.24) is 14.6 Å². The first-order valence-corrected chi connectivity index (χ1v) is 10.0. The van der Waals surface area contributed by atoms with Gasteiger partial charge in [-0.2, -0.15) is 13.2 Å². The van der Waals surface area contributed by atoms with Crippen molar-refractivity contribution < 1.29 is 17.9 Å². The summed E-state index contributed by atoms with van der Waals surface area (Å²) in [4.78, 5) is 8.91. The van der Waals surface area contributed by atoms with Crippen molar-refractivity contribution in [3.8, 4) is 0 Å². The van der Waals surface area contributed by atoms with Crippen LogP contribution in [0.5, 0.6) is 0 Å². The number of imidazole rings is 1. The molecule has 0 saturated heterocycles. The van der Waals surface area contributed by atoms with Gasteiger partial charge in [-0.1, -0.05) is 50.2 Å². The number of fused-ring (bicyclic) bond motifs is 1. The summed E-state index contributed by atoms with van der Waals surface area (Å²) < 4.78 is 38.2. The van der Waals surface area contributed by atoms with Gasteiger partial charge in [-0.15, -0.1) is 0 Å². The van der Waals surface area contributed by atoms with Gasteiger partial charge in [-0.25, -0.2) is 9.66 Å². The second kappa shape index (κ2) is 12.3. The van der Waals surface area contributed by atoms with Gasteiger partial charge in [0.25, 0.3) is 0 Å². The first kappa shape index (κ1) is 24.8. The number of hydrogen-bond acceptors (Lipinski definition) is 5. The molecule has 0 aliphatic heterocycles. The molecule has 0 atom stereocenters. The van der Waals surface area contributed by atoms with E-state index in [4.69, 9.17) is 5.84 Å². The summed E-state index contributed by atoms with van der Waals surface area (Å²) in [5.74, 6) is 6.83. The van der Waals surface area contributed by atoms with Gasteiger partial charge in [0.05, 0.1) is 16.7 Å². The zero-order valence-electron chi connectivity index (χ0n) is 17.0. The second-order valence-electron chi connectivity index (χ2n) is 6.06. The molecule has 0 amide bonds. The molecule has 0 aliphatic rings. The van der Waals surface area contributed by atoms with Crippen molar-refractivity contribution in [2.24, 2.45) is 0 Å². The van der Waals surface area contributed by atoms with Gasteiger partial charge in [0, 0.05) is 19.1 Å². The number of hydrogen-bond donors (Lipinski definition) is 1. The number of aryl methyl sites for hydroxylation is 1. The predicted molar refractivity (Wildman–Crippen MR) is 112 cm³/mol. The van der Waals surface area contributed by atoms with Crippen molar-refractivity contribution in [3.63, 3.8) is 0 Å². The minimum absolute atomic E-state index is 0.771. The Balaban J connectivity index is 0.000000355. The summed E-state index contributed by atoms with van der Waals surface area (Å²) >= 11 is 1.60. The Hall–Kier alpha value is -2.26. The lowest BCUT2D eigenvalue weighted by Gasteiger charge is -2.04. The maximum atomic E-state index is 10.9. The Kier molecular flexibility index (Phi) is 10.5. The lowest BCUT2D eigenvalue weighted by Crippen LogP contribution is -2.14. The van der Waals surface area contributed by atoms with Crippen LogP contribution < -0.4 is 5.84 Å². The summed E-state index contributed by atoms with van der Waals surface area (Å²) in [6.45, 7) is 5.15. The Labute approximate surface area is 173 Å². The molecule has 1 aromatic carbocycles. The van der Waals surface area contributed by atoms with Gasteiger partial charge >= 0.3 is 6.18 Å². The highest BCUT2D eigenvalue weighted by Gasteiger charge is 2.26. The number of aromatic nitrogens is 3. The lowest BCUT2D eigenvalue weighted by atomic mass is 10.2. The van der Waals surface area contributed by atoms with E-state index in [2.05, 4.69) is 41.5 Å². The Morgan fingerprint density at radius 2 is 1.79 bits per heavy atom. The molecule has 5 nitrogen and oxygen atoms in total. The van der Waals surface area contributed by atoms with Crippen molar-refractivity contribution in [1.29, 1.82) is 0 Å². The van der Waals surface area contributed by atoms with Gasteiger partial charge in [0.1, 0.15) is 6.61 Å². The summed E-state index contributed by atoms with van der Waals surface area (Å²) in [6, 6.07) is 11.9. The molecule has 0 spiro atoms. The van der Waals surface area contributed by atoms with Crippen LogP contribution in [0.25, 0.3) is 11.0 Å². The molecule has 160 valence electrons. The quantitative estimate of drug-likeness (QED) is 0.448. The molecule has 2 heterocycles. The number of nitrogen functional groups attached to an aromatic ring is 1. The number of pyridine rings is 1. The molecule has 0 radical (unpaired) electrons. The van der Waals surface area contributed by atoms with Crippen LogP contribution in [0.15, 0.2) is 47.8 Å². The average Bonchev–Trinajstić information content (AvgIpc) is 2.98. The topological polar surface area (TPSA) is 66.0 Å². The lowest BCUT2D eigenvalue weighted by molar-refractivity contribution is -0.167. The number of ether oxygens (including phenoxy) is 1. The molecule has 0 aliphatic carbocycles. The minimum atomic E-state index is -4.17. The molecular formula is C20H27F3N4OS. The summed E-state index contributed by atoms with van der Waals surface area (Å²) in [5.41, 5.74) is 4.13. The highest BCUT2D eigenvalue weighted by molar-refractivity contribution is 7.98. The molecular weight excluding hydrogens is 401 g/mol. The van der Waals surface area contributed by atoms with E-state index in [1.807, 2.05) is 36.5 Å². The van der Waals surface area contributed by atoms with Gasteiger partial charge in [0.2, 0.25) is 0 Å². The number of methoxy groups -OCH3 is 1. The van der Waals surface area contributed by atoms with Gasteiger partial charge in [0.15, 0.2) is 5.16 Å². The molecule has 2 N–H and O–H groups in total. The Morgan fingerprint density at radius 1 is 1.14 bits per heavy atom. The first-order chi connectivity index (χ1) is 13.7. The highest BCUT2D eigenvalue weighted by atomic mass is 32.2. The maximum Gasteiger partial charge on any atom is 0.411 e. The van der Waals surface area contributed by atoms with Crippen LogP contribution in [0.4, 0.5) is 13.2 Å². The van der Waals surface area contributed by atoms with E-state index in [-0.39, 0.29) is 0 Å². The zero-order chi connectivity index (χ0) is 21.9. The standard InChI is InChI=1S/C14H14N4S.C3H5F3O.C3H8/c1-10-5-4-8-16-12(10)9-19-14-17-11-6-2-3-7-13(11)18(14)15;1-7-2-3(4,5)6;1-3-2/h2-8H,9,15H2,1H3;2H2,1H3;3H2,1-2H3. The van der Waals surface area contributed by atoms with E-state index in [1.54, 1.807) is 16.4 Å². The van der Waals surface area contributed by atoms with E-state index in [0.717, 1.165) is 34.7 Å². The second-order valence-corrected chi connectivity index (χ2v) is 7.01. The molecule has 0 bridgehead atoms. The SMILES string of the molecule is CCC.COCC(F)(F)F.Cc1cccnc1CSc1nc2ccccc2n1N. The number of nitrogens with zero attached hydrogens (tertiary/aromatic N) is 3. The van der Waals surface area contributed by atoms with Crippen molar-refractivity contribution in [2.75, 3.05) is 19.6 Å². The van der Waals surface area contributed by atoms with Crippen LogP contribution in [0.1, 0.15) is 31.5 Å². The van der Waals surface area contributed by atoms with Gasteiger partial charge in [-0.05, 0) is 30.7 Å².